The van der Waals surface area contributed by atoms with E-state index in [1.165, 1.54) is 0 Å². The van der Waals surface area contributed by atoms with Gasteiger partial charge >= 0.3 is 0 Å². The first-order valence-corrected chi connectivity index (χ1v) is 6.30. The van der Waals surface area contributed by atoms with Crippen molar-refractivity contribution in [2.45, 2.75) is 38.3 Å². The van der Waals surface area contributed by atoms with Crippen LogP contribution in [0.3, 0.4) is 0 Å². The van der Waals surface area contributed by atoms with Gasteiger partial charge in [-0.1, -0.05) is 6.92 Å². The fourth-order valence-corrected chi connectivity index (χ4v) is 2.41. The Balaban J connectivity index is 2.43. The van der Waals surface area contributed by atoms with E-state index in [-0.39, 0.29) is 6.10 Å². The molecule has 1 heterocycles. The normalized spacial score (nSPS) is 29.2. The zero-order valence-electron chi connectivity index (χ0n) is 10.6. The molecular weight excluding hydrogens is 204 g/mol. The molecule has 0 aromatic carbocycles. The minimum absolute atomic E-state index is 0.131. The maximum atomic E-state index is 9.71. The number of hydrogen-bond acceptors (Lipinski definition) is 4. The van der Waals surface area contributed by atoms with Crippen LogP contribution in [-0.4, -0.2) is 55.5 Å². The van der Waals surface area contributed by atoms with Gasteiger partial charge in [-0.25, -0.2) is 0 Å². The number of likely N-dealkylation sites (tertiary alicyclic amines) is 1. The fourth-order valence-electron chi connectivity index (χ4n) is 2.41. The van der Waals surface area contributed by atoms with Crippen molar-refractivity contribution >= 4 is 0 Å². The summed E-state index contributed by atoms with van der Waals surface area (Å²) in [7, 11) is 1.75. The number of aliphatic hydroxyl groups is 1. The number of hydrogen-bond donors (Lipinski definition) is 2. The third-order valence-electron chi connectivity index (χ3n) is 3.51. The van der Waals surface area contributed by atoms with Crippen LogP contribution in [0.2, 0.25) is 0 Å². The van der Waals surface area contributed by atoms with Crippen LogP contribution in [-0.2, 0) is 4.74 Å². The zero-order chi connectivity index (χ0) is 12.0. The third-order valence-corrected chi connectivity index (χ3v) is 3.51. The van der Waals surface area contributed by atoms with Gasteiger partial charge in [-0.2, -0.15) is 0 Å². The molecule has 96 valence electrons. The fraction of sp³-hybridized carbons (Fsp3) is 1.00. The molecule has 1 rings (SSSR count). The number of piperidine rings is 1. The molecule has 1 fully saturated rings. The molecule has 4 heteroatoms. The molecule has 1 aliphatic heterocycles. The average Bonchev–Trinajstić information content (AvgIpc) is 2.28. The van der Waals surface area contributed by atoms with Crippen LogP contribution in [0.4, 0.5) is 0 Å². The van der Waals surface area contributed by atoms with Gasteiger partial charge in [-0.3, -0.25) is 4.90 Å². The quantitative estimate of drug-likeness (QED) is 0.695. The second-order valence-electron chi connectivity index (χ2n) is 4.87. The standard InChI is InChI=1S/C12H26N2O2/c1-10-8-14(7-5-12(10)15)11(9-16-2)4-3-6-13/h10-12,15H,3-9,13H2,1-2H3. The van der Waals surface area contributed by atoms with E-state index < -0.39 is 0 Å². The molecule has 16 heavy (non-hydrogen) atoms. The van der Waals surface area contributed by atoms with Gasteiger partial charge in [0.25, 0.3) is 0 Å². The van der Waals surface area contributed by atoms with Gasteiger partial charge in [0.1, 0.15) is 0 Å². The largest absolute Gasteiger partial charge is 0.393 e. The predicted octanol–water partition coefficient (Wildman–Crippen LogP) is 0.443. The molecule has 0 radical (unpaired) electrons. The van der Waals surface area contributed by atoms with E-state index in [9.17, 15) is 5.11 Å². The molecule has 1 aliphatic rings. The lowest BCUT2D eigenvalue weighted by Crippen LogP contribution is -2.48. The Labute approximate surface area is 98.8 Å². The summed E-state index contributed by atoms with van der Waals surface area (Å²) in [6.45, 7) is 5.57. The first kappa shape index (κ1) is 13.9. The lowest BCUT2D eigenvalue weighted by molar-refractivity contribution is -0.00330. The Morgan fingerprint density at radius 3 is 2.88 bits per heavy atom. The van der Waals surface area contributed by atoms with Crippen molar-refractivity contribution in [1.82, 2.24) is 4.90 Å². The van der Waals surface area contributed by atoms with E-state index in [0.29, 0.717) is 12.0 Å². The minimum atomic E-state index is -0.131. The van der Waals surface area contributed by atoms with Gasteiger partial charge in [0, 0.05) is 26.2 Å². The molecule has 0 saturated carbocycles. The number of nitrogens with two attached hydrogens (primary N) is 1. The highest BCUT2D eigenvalue weighted by Gasteiger charge is 2.28. The summed E-state index contributed by atoms with van der Waals surface area (Å²) in [5, 5.41) is 9.71. The topological polar surface area (TPSA) is 58.7 Å². The Bertz CT molecular complexity index is 188. The van der Waals surface area contributed by atoms with Crippen LogP contribution >= 0.6 is 0 Å². The van der Waals surface area contributed by atoms with Crippen molar-refractivity contribution in [3.05, 3.63) is 0 Å². The maximum absolute atomic E-state index is 9.71. The molecule has 0 aromatic heterocycles. The van der Waals surface area contributed by atoms with Crippen molar-refractivity contribution in [1.29, 1.82) is 0 Å². The summed E-state index contributed by atoms with van der Waals surface area (Å²) in [5.74, 6) is 0.367. The van der Waals surface area contributed by atoms with Crippen LogP contribution in [0, 0.1) is 5.92 Å². The number of methoxy groups -OCH3 is 1. The van der Waals surface area contributed by atoms with Gasteiger partial charge < -0.3 is 15.6 Å². The Morgan fingerprint density at radius 2 is 2.31 bits per heavy atom. The van der Waals surface area contributed by atoms with Gasteiger partial charge in [0.15, 0.2) is 0 Å². The average molecular weight is 230 g/mol. The number of aliphatic hydroxyl groups excluding tert-OH is 1. The van der Waals surface area contributed by atoms with Crippen LogP contribution in [0.25, 0.3) is 0 Å². The SMILES string of the molecule is COCC(CCCN)N1CCC(O)C(C)C1. The van der Waals surface area contributed by atoms with E-state index in [1.54, 1.807) is 7.11 Å². The van der Waals surface area contributed by atoms with Crippen molar-refractivity contribution < 1.29 is 9.84 Å². The van der Waals surface area contributed by atoms with E-state index >= 15 is 0 Å². The number of ether oxygens (including phenoxy) is 1. The maximum Gasteiger partial charge on any atom is 0.0618 e. The van der Waals surface area contributed by atoms with E-state index in [2.05, 4.69) is 11.8 Å². The highest BCUT2D eigenvalue weighted by Crippen LogP contribution is 2.20. The molecule has 0 amide bonds. The highest BCUT2D eigenvalue weighted by molar-refractivity contribution is 4.82. The van der Waals surface area contributed by atoms with Crippen molar-refractivity contribution in [2.75, 3.05) is 33.4 Å². The molecule has 3 atom stereocenters. The predicted molar refractivity (Wildman–Crippen MR) is 65.3 cm³/mol. The van der Waals surface area contributed by atoms with Crippen LogP contribution < -0.4 is 5.73 Å². The number of rotatable bonds is 6. The summed E-state index contributed by atoms with van der Waals surface area (Å²) >= 11 is 0. The number of nitrogens with zero attached hydrogens (tertiary/aromatic N) is 1. The Morgan fingerprint density at radius 1 is 1.56 bits per heavy atom. The molecule has 3 N–H and O–H groups in total. The zero-order valence-corrected chi connectivity index (χ0v) is 10.6. The van der Waals surface area contributed by atoms with Crippen molar-refractivity contribution in [2.24, 2.45) is 11.7 Å². The molecule has 0 bridgehead atoms. The highest BCUT2D eigenvalue weighted by atomic mass is 16.5. The van der Waals surface area contributed by atoms with Crippen LogP contribution in [0.1, 0.15) is 26.2 Å². The molecule has 3 unspecified atom stereocenters. The minimum Gasteiger partial charge on any atom is -0.393 e. The molecule has 0 aliphatic carbocycles. The van der Waals surface area contributed by atoms with E-state index in [0.717, 1.165) is 45.5 Å². The Hall–Kier alpha value is -0.160. The Kier molecular flexibility index (Phi) is 6.28. The van der Waals surface area contributed by atoms with Crippen molar-refractivity contribution in [3.63, 3.8) is 0 Å². The second kappa shape index (κ2) is 7.22. The van der Waals surface area contributed by atoms with Crippen LogP contribution in [0.15, 0.2) is 0 Å². The van der Waals surface area contributed by atoms with Gasteiger partial charge in [0.05, 0.1) is 12.7 Å². The summed E-state index contributed by atoms with van der Waals surface area (Å²) in [5.41, 5.74) is 5.55. The lowest BCUT2D eigenvalue weighted by atomic mass is 9.94. The summed E-state index contributed by atoms with van der Waals surface area (Å²) in [6.07, 6.45) is 2.88. The monoisotopic (exact) mass is 230 g/mol. The lowest BCUT2D eigenvalue weighted by Gasteiger charge is -2.39. The summed E-state index contributed by atoms with van der Waals surface area (Å²) in [6, 6.07) is 0.462. The second-order valence-corrected chi connectivity index (χ2v) is 4.87. The molecule has 4 nitrogen and oxygen atoms in total. The van der Waals surface area contributed by atoms with Gasteiger partial charge in [-0.15, -0.1) is 0 Å². The third kappa shape index (κ3) is 4.01. The summed E-state index contributed by atoms with van der Waals surface area (Å²) in [4.78, 5) is 2.44. The van der Waals surface area contributed by atoms with Gasteiger partial charge in [0.2, 0.25) is 0 Å². The van der Waals surface area contributed by atoms with Gasteiger partial charge in [-0.05, 0) is 31.7 Å². The van der Waals surface area contributed by atoms with Crippen LogP contribution in [0.5, 0.6) is 0 Å². The molecule has 0 spiro atoms. The smallest absolute Gasteiger partial charge is 0.0618 e. The molecule has 0 aromatic rings. The molecule has 1 saturated heterocycles. The summed E-state index contributed by atoms with van der Waals surface area (Å²) < 4.78 is 5.27. The first-order valence-electron chi connectivity index (χ1n) is 6.30. The molecular formula is C12H26N2O2. The van der Waals surface area contributed by atoms with E-state index in [1.807, 2.05) is 0 Å². The van der Waals surface area contributed by atoms with E-state index in [4.69, 9.17) is 10.5 Å². The first-order chi connectivity index (χ1) is 7.69. The van der Waals surface area contributed by atoms with Crippen molar-refractivity contribution in [3.8, 4) is 0 Å².